The molecule has 3 rings (SSSR count). The van der Waals surface area contributed by atoms with Crippen LogP contribution in [0.4, 0.5) is 5.69 Å². The molecule has 1 N–H and O–H groups in total. The Morgan fingerprint density at radius 1 is 0.871 bits per heavy atom. The Labute approximate surface area is 184 Å². The zero-order chi connectivity index (χ0) is 22.4. The summed E-state index contributed by atoms with van der Waals surface area (Å²) < 4.78 is 26.5. The Morgan fingerprint density at radius 3 is 1.90 bits per heavy atom. The summed E-state index contributed by atoms with van der Waals surface area (Å²) in [6.07, 6.45) is 1.47. The summed E-state index contributed by atoms with van der Waals surface area (Å²) in [5.74, 6) is -0.341. The van der Waals surface area contributed by atoms with Crippen LogP contribution >= 0.6 is 0 Å². The van der Waals surface area contributed by atoms with Gasteiger partial charge in [0, 0.05) is 0 Å². The van der Waals surface area contributed by atoms with Crippen LogP contribution in [0.3, 0.4) is 0 Å². The van der Waals surface area contributed by atoms with Crippen LogP contribution in [0.1, 0.15) is 36.1 Å². The minimum absolute atomic E-state index is 0.337. The van der Waals surface area contributed by atoms with Gasteiger partial charge in [-0.2, -0.15) is 0 Å². The van der Waals surface area contributed by atoms with Crippen LogP contribution in [0.2, 0.25) is 0 Å². The predicted molar refractivity (Wildman–Crippen MR) is 125 cm³/mol. The number of amides is 1. The zero-order valence-corrected chi connectivity index (χ0v) is 18.8. The summed E-state index contributed by atoms with van der Waals surface area (Å²) in [7, 11) is -3.67. The van der Waals surface area contributed by atoms with Crippen LogP contribution in [-0.2, 0) is 14.8 Å². The largest absolute Gasteiger partial charge is 0.343 e. The number of para-hydroxylation sites is 1. The lowest BCUT2D eigenvalue weighted by Gasteiger charge is -2.31. The van der Waals surface area contributed by atoms with E-state index in [4.69, 9.17) is 0 Å². The standard InChI is InChI=1S/C25H28N2O3S/c1-4-23(27(31(3,29)30)22-13-9-6-10-14-22)25(28)26-24(20-11-7-5-8-12-20)21-17-15-19(2)16-18-21/h5-18,23-24H,4H2,1-3H3,(H,26,28)/t23-,24-/m1/s1. The molecule has 31 heavy (non-hydrogen) atoms. The second-order valence-corrected chi connectivity index (χ2v) is 9.44. The lowest BCUT2D eigenvalue weighted by molar-refractivity contribution is -0.122. The highest BCUT2D eigenvalue weighted by Gasteiger charge is 2.32. The van der Waals surface area contributed by atoms with Crippen molar-refractivity contribution < 1.29 is 13.2 Å². The third-order valence-corrected chi connectivity index (χ3v) is 6.35. The van der Waals surface area contributed by atoms with E-state index >= 15 is 0 Å². The van der Waals surface area contributed by atoms with Gasteiger partial charge in [-0.15, -0.1) is 0 Å². The second-order valence-electron chi connectivity index (χ2n) is 7.58. The molecule has 0 bridgehead atoms. The number of nitrogens with one attached hydrogen (secondary N) is 1. The number of rotatable bonds is 8. The molecule has 0 aliphatic rings. The van der Waals surface area contributed by atoms with E-state index in [1.807, 2.05) is 74.5 Å². The van der Waals surface area contributed by atoms with Gasteiger partial charge in [-0.1, -0.05) is 85.3 Å². The van der Waals surface area contributed by atoms with E-state index in [0.717, 1.165) is 22.9 Å². The van der Waals surface area contributed by atoms with Crippen molar-refractivity contribution in [3.05, 3.63) is 102 Å². The minimum atomic E-state index is -3.67. The third-order valence-electron chi connectivity index (χ3n) is 5.17. The fraction of sp³-hybridized carbons (Fsp3) is 0.240. The SMILES string of the molecule is CC[C@H](C(=O)N[C@H](c1ccccc1)c1ccc(C)cc1)N(c1ccccc1)S(C)(=O)=O. The van der Waals surface area contributed by atoms with E-state index in [0.29, 0.717) is 12.1 Å². The van der Waals surface area contributed by atoms with Crippen LogP contribution in [0.5, 0.6) is 0 Å². The molecule has 5 nitrogen and oxygen atoms in total. The molecule has 3 aromatic rings. The van der Waals surface area contributed by atoms with Gasteiger partial charge in [0.1, 0.15) is 6.04 Å². The fourth-order valence-electron chi connectivity index (χ4n) is 3.64. The Kier molecular flexibility index (Phi) is 7.13. The van der Waals surface area contributed by atoms with E-state index < -0.39 is 16.1 Å². The predicted octanol–water partition coefficient (Wildman–Crippen LogP) is 4.45. The Balaban J connectivity index is 1.98. The number of carbonyl (C=O) groups is 1. The summed E-state index contributed by atoms with van der Waals surface area (Å²) in [6, 6.07) is 25.1. The number of anilines is 1. The van der Waals surface area contributed by atoms with Gasteiger partial charge >= 0.3 is 0 Å². The summed E-state index contributed by atoms with van der Waals surface area (Å²) in [4.78, 5) is 13.4. The van der Waals surface area contributed by atoms with Crippen LogP contribution in [-0.4, -0.2) is 26.6 Å². The van der Waals surface area contributed by atoms with Crippen molar-refractivity contribution in [2.75, 3.05) is 10.6 Å². The van der Waals surface area contributed by atoms with E-state index in [9.17, 15) is 13.2 Å². The van der Waals surface area contributed by atoms with E-state index in [1.165, 1.54) is 4.31 Å². The molecule has 162 valence electrons. The first-order valence-electron chi connectivity index (χ1n) is 10.3. The molecule has 0 heterocycles. The molecular formula is C25H28N2O3S. The molecule has 6 heteroatoms. The van der Waals surface area contributed by atoms with Gasteiger partial charge in [-0.25, -0.2) is 8.42 Å². The highest BCUT2D eigenvalue weighted by atomic mass is 32.2. The number of hydrogen-bond acceptors (Lipinski definition) is 3. The molecule has 0 unspecified atom stereocenters. The van der Waals surface area contributed by atoms with Crippen molar-refractivity contribution in [2.45, 2.75) is 32.4 Å². The van der Waals surface area contributed by atoms with E-state index in [-0.39, 0.29) is 11.9 Å². The second kappa shape index (κ2) is 9.79. The molecule has 0 aromatic heterocycles. The first kappa shape index (κ1) is 22.6. The molecule has 3 aromatic carbocycles. The first-order valence-corrected chi connectivity index (χ1v) is 12.1. The Bertz CT molecular complexity index is 1100. The number of sulfonamides is 1. The molecule has 1 amide bonds. The van der Waals surface area contributed by atoms with Crippen LogP contribution in [0, 0.1) is 6.92 Å². The van der Waals surface area contributed by atoms with Gasteiger partial charge in [0.05, 0.1) is 18.0 Å². The highest BCUT2D eigenvalue weighted by Crippen LogP contribution is 2.26. The average molecular weight is 437 g/mol. The lowest BCUT2D eigenvalue weighted by Crippen LogP contribution is -2.50. The number of aryl methyl sites for hydroxylation is 1. The molecule has 0 fully saturated rings. The molecule has 0 aliphatic heterocycles. The maximum Gasteiger partial charge on any atom is 0.244 e. The van der Waals surface area contributed by atoms with Crippen molar-refractivity contribution in [1.29, 1.82) is 0 Å². The van der Waals surface area contributed by atoms with Crippen molar-refractivity contribution in [3.8, 4) is 0 Å². The summed E-state index contributed by atoms with van der Waals surface area (Å²) >= 11 is 0. The average Bonchev–Trinajstić information content (AvgIpc) is 2.76. The van der Waals surface area contributed by atoms with Crippen LogP contribution < -0.4 is 9.62 Å². The van der Waals surface area contributed by atoms with E-state index in [2.05, 4.69) is 5.32 Å². The van der Waals surface area contributed by atoms with E-state index in [1.54, 1.807) is 24.3 Å². The zero-order valence-electron chi connectivity index (χ0n) is 18.0. The first-order chi connectivity index (χ1) is 14.8. The summed E-state index contributed by atoms with van der Waals surface area (Å²) in [5, 5.41) is 3.10. The number of benzene rings is 3. The maximum atomic E-state index is 13.4. The van der Waals surface area contributed by atoms with Crippen molar-refractivity contribution in [1.82, 2.24) is 5.32 Å². The minimum Gasteiger partial charge on any atom is -0.343 e. The van der Waals surface area contributed by atoms with Crippen molar-refractivity contribution in [2.24, 2.45) is 0 Å². The lowest BCUT2D eigenvalue weighted by atomic mass is 9.97. The molecule has 2 atom stereocenters. The highest BCUT2D eigenvalue weighted by molar-refractivity contribution is 7.92. The topological polar surface area (TPSA) is 66.5 Å². The van der Waals surface area contributed by atoms with Gasteiger partial charge in [-0.05, 0) is 36.6 Å². The van der Waals surface area contributed by atoms with Gasteiger partial charge in [-0.3, -0.25) is 9.10 Å². The Morgan fingerprint density at radius 2 is 1.39 bits per heavy atom. The van der Waals surface area contributed by atoms with Crippen molar-refractivity contribution >= 4 is 21.6 Å². The molecule has 0 saturated heterocycles. The Hall–Kier alpha value is -3.12. The molecule has 0 saturated carbocycles. The van der Waals surface area contributed by atoms with Crippen LogP contribution in [0.15, 0.2) is 84.9 Å². The molecule has 0 radical (unpaired) electrons. The van der Waals surface area contributed by atoms with Crippen molar-refractivity contribution in [3.63, 3.8) is 0 Å². The summed E-state index contributed by atoms with van der Waals surface area (Å²) in [5.41, 5.74) is 3.46. The molecule has 0 aliphatic carbocycles. The maximum absolute atomic E-state index is 13.4. The number of carbonyl (C=O) groups excluding carboxylic acids is 1. The summed E-state index contributed by atoms with van der Waals surface area (Å²) in [6.45, 7) is 3.83. The van der Waals surface area contributed by atoms with Crippen LogP contribution in [0.25, 0.3) is 0 Å². The monoisotopic (exact) mass is 436 g/mol. The quantitative estimate of drug-likeness (QED) is 0.567. The number of hydrogen-bond donors (Lipinski definition) is 1. The van der Waals surface area contributed by atoms with Gasteiger partial charge < -0.3 is 5.32 Å². The van der Waals surface area contributed by atoms with Gasteiger partial charge in [0.15, 0.2) is 0 Å². The number of nitrogens with zero attached hydrogens (tertiary/aromatic N) is 1. The smallest absolute Gasteiger partial charge is 0.244 e. The van der Waals surface area contributed by atoms with Gasteiger partial charge in [0.25, 0.3) is 0 Å². The van der Waals surface area contributed by atoms with Gasteiger partial charge in [0.2, 0.25) is 15.9 Å². The normalized spacial score (nSPS) is 13.3. The molecular weight excluding hydrogens is 408 g/mol. The third kappa shape index (κ3) is 5.52. The fourth-order valence-corrected chi connectivity index (χ4v) is 4.85. The molecule has 0 spiro atoms.